The molecule has 0 spiro atoms. The van der Waals surface area contributed by atoms with Crippen molar-refractivity contribution in [3.63, 3.8) is 0 Å². The molecule has 0 saturated heterocycles. The molecule has 114 valence electrons. The minimum Gasteiger partial charge on any atom is -0.459 e. The predicted octanol–water partition coefficient (Wildman–Crippen LogP) is 3.05. The number of carbonyl (C=O) groups is 2. The summed E-state index contributed by atoms with van der Waals surface area (Å²) in [6.45, 7) is 2.64. The Bertz CT molecular complexity index is 694. The van der Waals surface area contributed by atoms with E-state index in [-0.39, 0.29) is 5.91 Å². The van der Waals surface area contributed by atoms with Gasteiger partial charge >= 0.3 is 6.09 Å². The molecule has 1 aliphatic heterocycles. The Morgan fingerprint density at radius 2 is 2.23 bits per heavy atom. The van der Waals surface area contributed by atoms with E-state index >= 15 is 0 Å². The van der Waals surface area contributed by atoms with Crippen LogP contribution in [0.25, 0.3) is 0 Å². The van der Waals surface area contributed by atoms with Gasteiger partial charge in [0.15, 0.2) is 5.76 Å². The number of benzene rings is 1. The monoisotopic (exact) mass is 300 g/mol. The van der Waals surface area contributed by atoms with E-state index in [2.05, 4.69) is 5.32 Å². The van der Waals surface area contributed by atoms with Crippen LogP contribution in [-0.4, -0.2) is 25.2 Å². The standard InChI is InChI=1S/C16H16N2O4/c1-2-21-16(20)17-12-6-5-11-7-8-18(13(11)10-12)15(19)14-4-3-9-22-14/h3-6,9-10H,2,7-8H2,1H3,(H,17,20). The fourth-order valence-electron chi connectivity index (χ4n) is 2.49. The summed E-state index contributed by atoms with van der Waals surface area (Å²) in [5.74, 6) is 0.119. The largest absolute Gasteiger partial charge is 0.459 e. The summed E-state index contributed by atoms with van der Waals surface area (Å²) >= 11 is 0. The van der Waals surface area contributed by atoms with Crippen molar-refractivity contribution < 1.29 is 18.7 Å². The maximum Gasteiger partial charge on any atom is 0.411 e. The number of furan rings is 1. The van der Waals surface area contributed by atoms with E-state index in [1.54, 1.807) is 36.1 Å². The van der Waals surface area contributed by atoms with E-state index in [1.165, 1.54) is 6.26 Å². The molecular weight excluding hydrogens is 284 g/mol. The van der Waals surface area contributed by atoms with Gasteiger partial charge in [-0.05, 0) is 43.2 Å². The van der Waals surface area contributed by atoms with Crippen molar-refractivity contribution in [2.24, 2.45) is 0 Å². The number of carbonyl (C=O) groups excluding carboxylic acids is 2. The van der Waals surface area contributed by atoms with E-state index in [9.17, 15) is 9.59 Å². The lowest BCUT2D eigenvalue weighted by atomic mass is 10.1. The second-order valence-electron chi connectivity index (χ2n) is 4.87. The third-order valence-electron chi connectivity index (χ3n) is 3.48. The van der Waals surface area contributed by atoms with E-state index < -0.39 is 6.09 Å². The molecule has 0 aliphatic carbocycles. The average Bonchev–Trinajstić information content (AvgIpc) is 3.16. The van der Waals surface area contributed by atoms with Gasteiger partial charge in [-0.25, -0.2) is 4.79 Å². The Morgan fingerprint density at radius 3 is 2.95 bits per heavy atom. The number of nitrogens with one attached hydrogen (secondary N) is 1. The number of nitrogens with zero attached hydrogens (tertiary/aromatic N) is 1. The van der Waals surface area contributed by atoms with Crippen LogP contribution in [0.2, 0.25) is 0 Å². The molecule has 0 fully saturated rings. The molecule has 6 nitrogen and oxygen atoms in total. The van der Waals surface area contributed by atoms with Gasteiger partial charge in [0, 0.05) is 17.9 Å². The lowest BCUT2D eigenvalue weighted by molar-refractivity contribution is 0.0962. The molecule has 0 atom stereocenters. The molecular formula is C16H16N2O4. The molecule has 2 amide bonds. The van der Waals surface area contributed by atoms with E-state index in [0.29, 0.717) is 24.6 Å². The van der Waals surface area contributed by atoms with Crippen molar-refractivity contribution in [1.82, 2.24) is 0 Å². The molecule has 1 aromatic heterocycles. The molecule has 0 unspecified atom stereocenters. The summed E-state index contributed by atoms with van der Waals surface area (Å²) in [5.41, 5.74) is 2.45. The van der Waals surface area contributed by atoms with Crippen molar-refractivity contribution in [3.05, 3.63) is 47.9 Å². The number of hydrogen-bond donors (Lipinski definition) is 1. The van der Waals surface area contributed by atoms with Crippen LogP contribution in [0.5, 0.6) is 0 Å². The SMILES string of the molecule is CCOC(=O)Nc1ccc2c(c1)N(C(=O)c1ccco1)CC2. The molecule has 6 heteroatoms. The van der Waals surface area contributed by atoms with Gasteiger partial charge in [-0.2, -0.15) is 0 Å². The fourth-order valence-corrected chi connectivity index (χ4v) is 2.49. The van der Waals surface area contributed by atoms with Gasteiger partial charge in [0.1, 0.15) is 0 Å². The first-order valence-corrected chi connectivity index (χ1v) is 7.11. The second-order valence-corrected chi connectivity index (χ2v) is 4.87. The zero-order valence-corrected chi connectivity index (χ0v) is 12.2. The minimum absolute atomic E-state index is 0.183. The van der Waals surface area contributed by atoms with Crippen LogP contribution in [0.1, 0.15) is 23.0 Å². The van der Waals surface area contributed by atoms with Crippen LogP contribution >= 0.6 is 0 Å². The normalized spacial score (nSPS) is 12.9. The lowest BCUT2D eigenvalue weighted by Crippen LogP contribution is -2.28. The van der Waals surface area contributed by atoms with Gasteiger partial charge < -0.3 is 14.1 Å². The number of hydrogen-bond acceptors (Lipinski definition) is 4. The van der Waals surface area contributed by atoms with Crippen LogP contribution in [0, 0.1) is 0 Å². The first-order chi connectivity index (χ1) is 10.7. The van der Waals surface area contributed by atoms with Crippen LogP contribution in [-0.2, 0) is 11.2 Å². The highest BCUT2D eigenvalue weighted by Crippen LogP contribution is 2.32. The number of anilines is 2. The summed E-state index contributed by atoms with van der Waals surface area (Å²) in [6.07, 6.45) is 1.74. The van der Waals surface area contributed by atoms with Crippen LogP contribution in [0.15, 0.2) is 41.0 Å². The lowest BCUT2D eigenvalue weighted by Gasteiger charge is -2.16. The van der Waals surface area contributed by atoms with Crippen LogP contribution in [0.4, 0.5) is 16.2 Å². The predicted molar refractivity (Wildman–Crippen MR) is 81.2 cm³/mol. The zero-order chi connectivity index (χ0) is 15.5. The number of amides is 2. The Kier molecular flexibility index (Phi) is 3.82. The Hall–Kier alpha value is -2.76. The second kappa shape index (κ2) is 5.93. The van der Waals surface area contributed by atoms with Crippen molar-refractivity contribution in [1.29, 1.82) is 0 Å². The Morgan fingerprint density at radius 1 is 1.36 bits per heavy atom. The number of rotatable bonds is 3. The first kappa shape index (κ1) is 14.2. The number of fused-ring (bicyclic) bond motifs is 1. The third kappa shape index (κ3) is 2.67. The Balaban J connectivity index is 1.83. The van der Waals surface area contributed by atoms with E-state index in [1.807, 2.05) is 6.07 Å². The first-order valence-electron chi connectivity index (χ1n) is 7.11. The zero-order valence-electron chi connectivity index (χ0n) is 12.2. The molecule has 1 N–H and O–H groups in total. The molecule has 1 aromatic carbocycles. The summed E-state index contributed by atoms with van der Waals surface area (Å²) in [5, 5.41) is 2.64. The molecule has 3 rings (SSSR count). The summed E-state index contributed by atoms with van der Waals surface area (Å²) in [6, 6.07) is 8.81. The molecule has 2 heterocycles. The highest BCUT2D eigenvalue weighted by atomic mass is 16.5. The highest BCUT2D eigenvalue weighted by Gasteiger charge is 2.27. The molecule has 0 radical (unpaired) electrons. The molecule has 1 aliphatic rings. The smallest absolute Gasteiger partial charge is 0.411 e. The van der Waals surface area contributed by atoms with Gasteiger partial charge in [-0.15, -0.1) is 0 Å². The van der Waals surface area contributed by atoms with Gasteiger partial charge in [0.05, 0.1) is 12.9 Å². The quantitative estimate of drug-likeness (QED) is 0.945. The van der Waals surface area contributed by atoms with Gasteiger partial charge in [-0.3, -0.25) is 10.1 Å². The minimum atomic E-state index is -0.510. The maximum atomic E-state index is 12.4. The van der Waals surface area contributed by atoms with Gasteiger partial charge in [0.25, 0.3) is 5.91 Å². The average molecular weight is 300 g/mol. The molecule has 22 heavy (non-hydrogen) atoms. The maximum absolute atomic E-state index is 12.4. The van der Waals surface area contributed by atoms with Crippen LogP contribution < -0.4 is 10.2 Å². The topological polar surface area (TPSA) is 71.8 Å². The summed E-state index contributed by atoms with van der Waals surface area (Å²) in [4.78, 5) is 25.6. The fraction of sp³-hybridized carbons (Fsp3) is 0.250. The van der Waals surface area contributed by atoms with E-state index in [0.717, 1.165) is 17.7 Å². The van der Waals surface area contributed by atoms with Gasteiger partial charge in [-0.1, -0.05) is 6.07 Å². The van der Waals surface area contributed by atoms with Crippen molar-refractivity contribution in [2.45, 2.75) is 13.3 Å². The molecule has 0 bridgehead atoms. The van der Waals surface area contributed by atoms with Crippen molar-refractivity contribution >= 4 is 23.4 Å². The highest BCUT2D eigenvalue weighted by molar-refractivity contribution is 6.06. The van der Waals surface area contributed by atoms with Crippen molar-refractivity contribution in [3.8, 4) is 0 Å². The van der Waals surface area contributed by atoms with E-state index in [4.69, 9.17) is 9.15 Å². The molecule has 0 saturated carbocycles. The summed E-state index contributed by atoms with van der Waals surface area (Å²) in [7, 11) is 0. The van der Waals surface area contributed by atoms with Crippen LogP contribution in [0.3, 0.4) is 0 Å². The third-order valence-corrected chi connectivity index (χ3v) is 3.48. The van der Waals surface area contributed by atoms with Gasteiger partial charge in [0.2, 0.25) is 0 Å². The number of ether oxygens (including phenoxy) is 1. The summed E-state index contributed by atoms with van der Waals surface area (Å²) < 4.78 is 10.0. The van der Waals surface area contributed by atoms with Crippen molar-refractivity contribution in [2.75, 3.05) is 23.4 Å². The molecule has 2 aromatic rings. The Labute approximate surface area is 127 Å².